The minimum Gasteiger partial charge on any atom is -0.504 e. The third-order valence-corrected chi connectivity index (χ3v) is 3.18. The van der Waals surface area contributed by atoms with E-state index in [2.05, 4.69) is 5.32 Å². The lowest BCUT2D eigenvalue weighted by Crippen LogP contribution is -2.33. The maximum Gasteiger partial charge on any atom is 0.310 e. The molecule has 2 atom stereocenters. The third-order valence-electron chi connectivity index (χ3n) is 3.18. The Labute approximate surface area is 115 Å². The van der Waals surface area contributed by atoms with Crippen LogP contribution < -0.4 is 10.1 Å². The Hall–Kier alpha value is -2.50. The van der Waals surface area contributed by atoms with Crippen molar-refractivity contribution < 1.29 is 24.5 Å². The van der Waals surface area contributed by atoms with E-state index in [1.54, 1.807) is 24.3 Å². The molecule has 3 N–H and O–H groups in total. The maximum absolute atomic E-state index is 12.1. The molecule has 0 aromatic heterocycles. The van der Waals surface area contributed by atoms with Gasteiger partial charge in [0.1, 0.15) is 0 Å². The molecule has 1 amide bonds. The SMILES string of the molecule is COc1cccc(C(=O)NC2C=CC(C(=O)O)C2)c1O. The zero-order valence-electron chi connectivity index (χ0n) is 10.9. The Balaban J connectivity index is 2.07. The molecule has 2 unspecified atom stereocenters. The number of hydrogen-bond acceptors (Lipinski definition) is 4. The Morgan fingerprint density at radius 1 is 1.35 bits per heavy atom. The van der Waals surface area contributed by atoms with Crippen molar-refractivity contribution in [1.82, 2.24) is 5.32 Å². The first-order valence-electron chi connectivity index (χ1n) is 6.11. The second kappa shape index (κ2) is 5.64. The number of nitrogens with one attached hydrogen (secondary N) is 1. The highest BCUT2D eigenvalue weighted by Gasteiger charge is 2.26. The molecule has 0 aliphatic heterocycles. The average Bonchev–Trinajstić information content (AvgIpc) is 2.87. The van der Waals surface area contributed by atoms with Crippen LogP contribution >= 0.6 is 0 Å². The lowest BCUT2D eigenvalue weighted by atomic mass is 10.1. The molecular formula is C14H15NO5. The summed E-state index contributed by atoms with van der Waals surface area (Å²) in [6.07, 6.45) is 3.51. The number of aliphatic carboxylic acids is 1. The number of hydrogen-bond donors (Lipinski definition) is 3. The standard InChI is InChI=1S/C14H15NO5/c1-20-11-4-2-3-10(12(11)16)13(17)15-9-6-5-8(7-9)14(18)19/h2-6,8-9,16H,7H2,1H3,(H,15,17)(H,18,19). The molecule has 0 saturated heterocycles. The van der Waals surface area contributed by atoms with Gasteiger partial charge < -0.3 is 20.3 Å². The van der Waals surface area contributed by atoms with Crippen molar-refractivity contribution in [1.29, 1.82) is 0 Å². The summed E-state index contributed by atoms with van der Waals surface area (Å²) in [6, 6.07) is 4.26. The molecule has 6 nitrogen and oxygen atoms in total. The normalized spacial score (nSPS) is 20.6. The molecular weight excluding hydrogens is 262 g/mol. The summed E-state index contributed by atoms with van der Waals surface area (Å²) in [4.78, 5) is 22.9. The summed E-state index contributed by atoms with van der Waals surface area (Å²) in [7, 11) is 1.40. The lowest BCUT2D eigenvalue weighted by molar-refractivity contribution is -0.140. The first-order chi connectivity index (χ1) is 9.52. The molecule has 2 rings (SSSR count). The predicted molar refractivity (Wildman–Crippen MR) is 70.8 cm³/mol. The summed E-state index contributed by atoms with van der Waals surface area (Å²) in [6.45, 7) is 0. The zero-order valence-corrected chi connectivity index (χ0v) is 10.9. The van der Waals surface area contributed by atoms with Crippen molar-refractivity contribution >= 4 is 11.9 Å². The number of carbonyl (C=O) groups is 2. The van der Waals surface area contributed by atoms with Gasteiger partial charge in [0.15, 0.2) is 11.5 Å². The molecule has 1 aliphatic carbocycles. The molecule has 1 aromatic rings. The van der Waals surface area contributed by atoms with Crippen molar-refractivity contribution in [3.8, 4) is 11.5 Å². The fourth-order valence-corrected chi connectivity index (χ4v) is 2.11. The van der Waals surface area contributed by atoms with E-state index in [-0.39, 0.29) is 23.1 Å². The van der Waals surface area contributed by atoms with Gasteiger partial charge in [-0.1, -0.05) is 18.2 Å². The monoisotopic (exact) mass is 277 g/mol. The predicted octanol–water partition coefficient (Wildman–Crippen LogP) is 1.16. The largest absolute Gasteiger partial charge is 0.504 e. The Bertz CT molecular complexity index is 567. The number of rotatable bonds is 4. The molecule has 0 saturated carbocycles. The first-order valence-corrected chi connectivity index (χ1v) is 6.11. The second-order valence-electron chi connectivity index (χ2n) is 4.50. The summed E-state index contributed by atoms with van der Waals surface area (Å²) in [5.74, 6) is -1.99. The van der Waals surface area contributed by atoms with Gasteiger partial charge in [0.25, 0.3) is 5.91 Å². The number of ether oxygens (including phenoxy) is 1. The molecule has 0 heterocycles. The summed E-state index contributed by atoms with van der Waals surface area (Å²) in [5.41, 5.74) is 0.0940. The third kappa shape index (κ3) is 2.74. The van der Waals surface area contributed by atoms with Gasteiger partial charge in [0.2, 0.25) is 0 Å². The van der Waals surface area contributed by atoms with Crippen molar-refractivity contribution in [3.05, 3.63) is 35.9 Å². The van der Waals surface area contributed by atoms with Crippen LogP contribution in [-0.4, -0.2) is 35.2 Å². The molecule has 0 fully saturated rings. The summed E-state index contributed by atoms with van der Waals surface area (Å²) in [5, 5.41) is 21.4. The number of methoxy groups -OCH3 is 1. The topological polar surface area (TPSA) is 95.9 Å². The minimum atomic E-state index is -0.915. The highest BCUT2D eigenvalue weighted by molar-refractivity contribution is 5.98. The quantitative estimate of drug-likeness (QED) is 0.718. The van der Waals surface area contributed by atoms with Crippen LogP contribution in [-0.2, 0) is 4.79 Å². The molecule has 0 bridgehead atoms. The average molecular weight is 277 g/mol. The van der Waals surface area contributed by atoms with Crippen molar-refractivity contribution in [2.75, 3.05) is 7.11 Å². The fourth-order valence-electron chi connectivity index (χ4n) is 2.11. The number of phenols is 1. The zero-order chi connectivity index (χ0) is 14.7. The molecule has 0 spiro atoms. The van der Waals surface area contributed by atoms with E-state index in [4.69, 9.17) is 9.84 Å². The van der Waals surface area contributed by atoms with E-state index >= 15 is 0 Å². The van der Waals surface area contributed by atoms with Gasteiger partial charge in [-0.05, 0) is 18.6 Å². The van der Waals surface area contributed by atoms with Gasteiger partial charge in [-0.15, -0.1) is 0 Å². The number of carboxylic acids is 1. The van der Waals surface area contributed by atoms with Crippen molar-refractivity contribution in [3.63, 3.8) is 0 Å². The van der Waals surface area contributed by atoms with Gasteiger partial charge in [-0.2, -0.15) is 0 Å². The van der Waals surface area contributed by atoms with Crippen LogP contribution in [0.1, 0.15) is 16.8 Å². The van der Waals surface area contributed by atoms with Crippen LogP contribution in [0, 0.1) is 5.92 Å². The van der Waals surface area contributed by atoms with Crippen LogP contribution in [0.5, 0.6) is 11.5 Å². The van der Waals surface area contributed by atoms with Crippen LogP contribution in [0.15, 0.2) is 30.4 Å². The summed E-state index contributed by atoms with van der Waals surface area (Å²) < 4.78 is 4.93. The van der Waals surface area contributed by atoms with Crippen LogP contribution in [0.2, 0.25) is 0 Å². The molecule has 106 valence electrons. The smallest absolute Gasteiger partial charge is 0.310 e. The van der Waals surface area contributed by atoms with E-state index in [0.29, 0.717) is 6.42 Å². The number of phenolic OH excluding ortho intramolecular Hbond substituents is 1. The van der Waals surface area contributed by atoms with E-state index in [1.165, 1.54) is 13.2 Å². The Morgan fingerprint density at radius 3 is 2.70 bits per heavy atom. The molecule has 0 radical (unpaired) electrons. The summed E-state index contributed by atoms with van der Waals surface area (Å²) >= 11 is 0. The van der Waals surface area contributed by atoms with Crippen LogP contribution in [0.3, 0.4) is 0 Å². The Kier molecular flexibility index (Phi) is 3.93. The first kappa shape index (κ1) is 13.9. The van der Waals surface area contributed by atoms with Crippen LogP contribution in [0.25, 0.3) is 0 Å². The number of carbonyl (C=O) groups excluding carboxylic acids is 1. The maximum atomic E-state index is 12.1. The van der Waals surface area contributed by atoms with Gasteiger partial charge in [-0.25, -0.2) is 0 Å². The minimum absolute atomic E-state index is 0.0940. The lowest BCUT2D eigenvalue weighted by Gasteiger charge is -2.13. The van der Waals surface area contributed by atoms with Crippen LogP contribution in [0.4, 0.5) is 0 Å². The van der Waals surface area contributed by atoms with E-state index in [0.717, 1.165) is 0 Å². The van der Waals surface area contributed by atoms with E-state index in [1.807, 2.05) is 0 Å². The number of aromatic hydroxyl groups is 1. The second-order valence-corrected chi connectivity index (χ2v) is 4.50. The Morgan fingerprint density at radius 2 is 2.10 bits per heavy atom. The van der Waals surface area contributed by atoms with Crippen molar-refractivity contribution in [2.45, 2.75) is 12.5 Å². The fraction of sp³-hybridized carbons (Fsp3) is 0.286. The highest BCUT2D eigenvalue weighted by Crippen LogP contribution is 2.29. The van der Waals surface area contributed by atoms with E-state index in [9.17, 15) is 14.7 Å². The highest BCUT2D eigenvalue weighted by atomic mass is 16.5. The van der Waals surface area contributed by atoms with E-state index < -0.39 is 17.8 Å². The molecule has 1 aromatic carbocycles. The van der Waals surface area contributed by atoms with Gasteiger partial charge in [-0.3, -0.25) is 9.59 Å². The molecule has 6 heteroatoms. The van der Waals surface area contributed by atoms with Gasteiger partial charge in [0.05, 0.1) is 18.6 Å². The number of benzene rings is 1. The van der Waals surface area contributed by atoms with Gasteiger partial charge >= 0.3 is 5.97 Å². The number of carboxylic acid groups (broad SMARTS) is 1. The molecule has 20 heavy (non-hydrogen) atoms. The van der Waals surface area contributed by atoms with Crippen molar-refractivity contribution in [2.24, 2.45) is 5.92 Å². The molecule has 1 aliphatic rings. The van der Waals surface area contributed by atoms with Gasteiger partial charge in [0, 0.05) is 6.04 Å². The number of amides is 1. The number of para-hydroxylation sites is 1.